The van der Waals surface area contributed by atoms with Gasteiger partial charge in [0.15, 0.2) is 6.10 Å². The van der Waals surface area contributed by atoms with Crippen LogP contribution in [0, 0.1) is 0 Å². The second-order valence-corrected chi connectivity index (χ2v) is 21.3. The van der Waals surface area contributed by atoms with Crippen molar-refractivity contribution in [2.75, 3.05) is 13.2 Å². The first-order chi connectivity index (χ1) is 39.0. The zero-order chi connectivity index (χ0) is 57.1. The van der Waals surface area contributed by atoms with E-state index in [0.717, 1.165) is 161 Å². The summed E-state index contributed by atoms with van der Waals surface area (Å²) in [7, 11) is 0. The van der Waals surface area contributed by atoms with Gasteiger partial charge in [0.05, 0.1) is 0 Å². The van der Waals surface area contributed by atoms with Gasteiger partial charge in [0.25, 0.3) is 0 Å². The molecule has 0 fully saturated rings. The summed E-state index contributed by atoms with van der Waals surface area (Å²) >= 11 is 0. The maximum absolute atomic E-state index is 12.9. The van der Waals surface area contributed by atoms with Crippen LogP contribution >= 0.6 is 0 Å². The molecule has 0 aliphatic heterocycles. The van der Waals surface area contributed by atoms with Crippen molar-refractivity contribution in [3.63, 3.8) is 0 Å². The van der Waals surface area contributed by atoms with Crippen molar-refractivity contribution in [3.05, 3.63) is 134 Å². The molecule has 0 aliphatic rings. The molecule has 0 aromatic heterocycles. The first-order valence-electron chi connectivity index (χ1n) is 32.7. The Balaban J connectivity index is 4.46. The largest absolute Gasteiger partial charge is 0.462 e. The highest BCUT2D eigenvalue weighted by Gasteiger charge is 2.19. The van der Waals surface area contributed by atoms with Gasteiger partial charge in [-0.15, -0.1) is 0 Å². The molecule has 0 bridgehead atoms. The molecule has 0 amide bonds. The summed E-state index contributed by atoms with van der Waals surface area (Å²) in [5.74, 6) is -0.936. The highest BCUT2D eigenvalue weighted by molar-refractivity contribution is 5.71. The normalized spacial score (nSPS) is 13.0. The number of ether oxygens (including phenoxy) is 3. The van der Waals surface area contributed by atoms with E-state index >= 15 is 0 Å². The molecule has 6 heteroatoms. The number of carbonyl (C=O) groups excluding carboxylic acids is 3. The molecule has 0 spiro atoms. The van der Waals surface area contributed by atoms with E-state index in [1.165, 1.54) is 89.9 Å². The molecule has 0 aliphatic carbocycles. The number of unbranched alkanes of at least 4 members (excludes halogenated alkanes) is 25. The minimum Gasteiger partial charge on any atom is -0.462 e. The van der Waals surface area contributed by atoms with E-state index in [2.05, 4.69) is 154 Å². The van der Waals surface area contributed by atoms with Gasteiger partial charge in [-0.05, 0) is 141 Å². The number of rotatable bonds is 58. The van der Waals surface area contributed by atoms with Crippen LogP contribution in [0.5, 0.6) is 0 Å². The Labute approximate surface area is 487 Å². The lowest BCUT2D eigenvalue weighted by Gasteiger charge is -2.18. The molecule has 1 atom stereocenters. The van der Waals surface area contributed by atoms with Crippen molar-refractivity contribution in [2.24, 2.45) is 0 Å². The summed E-state index contributed by atoms with van der Waals surface area (Å²) in [4.78, 5) is 38.4. The zero-order valence-electron chi connectivity index (χ0n) is 51.3. The van der Waals surface area contributed by atoms with Gasteiger partial charge in [0.1, 0.15) is 13.2 Å². The van der Waals surface area contributed by atoms with E-state index in [9.17, 15) is 14.4 Å². The van der Waals surface area contributed by atoms with Crippen LogP contribution in [0.4, 0.5) is 0 Å². The second-order valence-electron chi connectivity index (χ2n) is 21.3. The van der Waals surface area contributed by atoms with Crippen LogP contribution in [0.2, 0.25) is 0 Å². The Bertz CT molecular complexity index is 1680. The Morgan fingerprint density at radius 3 is 0.797 bits per heavy atom. The number of esters is 3. The fourth-order valence-corrected chi connectivity index (χ4v) is 8.72. The molecule has 79 heavy (non-hydrogen) atoms. The minimum absolute atomic E-state index is 0.0991. The Hall–Kier alpha value is -4.45. The average Bonchev–Trinajstić information content (AvgIpc) is 3.45. The first-order valence-corrected chi connectivity index (χ1v) is 32.7. The third kappa shape index (κ3) is 64.3. The standard InChI is InChI=1S/C73H120O6/c1-4-7-10-13-16-19-22-25-28-30-32-34-35-36-37-39-40-42-45-48-51-54-57-60-63-66-72(75)78-69-70(68-77-71(74)65-62-59-56-53-50-47-44-27-24-21-18-15-12-9-6-3)79-73(76)67-64-61-58-55-52-49-46-43-41-38-33-31-29-26-23-20-17-14-11-8-5-2/h7,10,16,18-19,21,23,25-28,31-34,36-37,40-44,70H,4-6,8-9,11-15,17,20,22,24,29-30,35,38-39,45-69H2,1-3H3/b10-7-,19-16-,21-18-,26-23-,28-25-,33-31-,34-32-,37-36-,42-40-,43-41-,44-27-. The van der Waals surface area contributed by atoms with E-state index in [1.54, 1.807) is 0 Å². The van der Waals surface area contributed by atoms with Crippen LogP contribution in [-0.4, -0.2) is 37.2 Å². The van der Waals surface area contributed by atoms with Gasteiger partial charge < -0.3 is 14.2 Å². The van der Waals surface area contributed by atoms with Crippen molar-refractivity contribution in [1.82, 2.24) is 0 Å². The molecule has 0 rings (SSSR count). The molecule has 0 heterocycles. The Kier molecular flexibility index (Phi) is 62.3. The molecular weight excluding hydrogens is 973 g/mol. The van der Waals surface area contributed by atoms with Crippen molar-refractivity contribution in [2.45, 2.75) is 297 Å². The first kappa shape index (κ1) is 74.5. The van der Waals surface area contributed by atoms with Gasteiger partial charge in [0.2, 0.25) is 0 Å². The van der Waals surface area contributed by atoms with Crippen molar-refractivity contribution < 1.29 is 28.6 Å². The van der Waals surface area contributed by atoms with Crippen molar-refractivity contribution in [3.8, 4) is 0 Å². The molecule has 0 saturated heterocycles. The molecule has 6 nitrogen and oxygen atoms in total. The quantitative estimate of drug-likeness (QED) is 0.0261. The summed E-state index contributed by atoms with van der Waals surface area (Å²) in [5, 5.41) is 0. The molecular formula is C73H120O6. The lowest BCUT2D eigenvalue weighted by Crippen LogP contribution is -2.30. The zero-order valence-corrected chi connectivity index (χ0v) is 51.3. The highest BCUT2D eigenvalue weighted by Crippen LogP contribution is 2.14. The summed E-state index contributed by atoms with van der Waals surface area (Å²) < 4.78 is 16.9. The van der Waals surface area contributed by atoms with Crippen LogP contribution in [-0.2, 0) is 28.6 Å². The molecule has 0 saturated carbocycles. The lowest BCUT2D eigenvalue weighted by molar-refractivity contribution is -0.167. The van der Waals surface area contributed by atoms with Crippen LogP contribution in [0.15, 0.2) is 134 Å². The minimum atomic E-state index is -0.804. The predicted octanol–water partition coefficient (Wildman–Crippen LogP) is 22.5. The molecule has 0 radical (unpaired) electrons. The van der Waals surface area contributed by atoms with Gasteiger partial charge in [-0.3, -0.25) is 14.4 Å². The van der Waals surface area contributed by atoms with E-state index in [0.29, 0.717) is 19.3 Å². The molecule has 0 aromatic carbocycles. The van der Waals surface area contributed by atoms with Crippen LogP contribution < -0.4 is 0 Å². The van der Waals surface area contributed by atoms with Crippen molar-refractivity contribution >= 4 is 17.9 Å². The maximum atomic E-state index is 12.9. The van der Waals surface area contributed by atoms with Gasteiger partial charge in [-0.25, -0.2) is 0 Å². The van der Waals surface area contributed by atoms with E-state index in [4.69, 9.17) is 14.2 Å². The molecule has 0 N–H and O–H groups in total. The van der Waals surface area contributed by atoms with Gasteiger partial charge in [0, 0.05) is 19.3 Å². The number of carbonyl (C=O) groups is 3. The Morgan fingerprint density at radius 1 is 0.266 bits per heavy atom. The predicted molar refractivity (Wildman–Crippen MR) is 343 cm³/mol. The fourth-order valence-electron chi connectivity index (χ4n) is 8.72. The van der Waals surface area contributed by atoms with E-state index in [1.807, 2.05) is 0 Å². The summed E-state index contributed by atoms with van der Waals surface area (Å²) in [5.41, 5.74) is 0. The monoisotopic (exact) mass is 1090 g/mol. The highest BCUT2D eigenvalue weighted by atomic mass is 16.6. The van der Waals surface area contributed by atoms with Crippen molar-refractivity contribution in [1.29, 1.82) is 0 Å². The Morgan fingerprint density at radius 2 is 0.494 bits per heavy atom. The average molecular weight is 1090 g/mol. The lowest BCUT2D eigenvalue weighted by atomic mass is 10.1. The third-order valence-corrected chi connectivity index (χ3v) is 13.6. The summed E-state index contributed by atoms with van der Waals surface area (Å²) in [6.07, 6.45) is 93.0. The van der Waals surface area contributed by atoms with Gasteiger partial charge >= 0.3 is 17.9 Å². The number of hydrogen-bond donors (Lipinski definition) is 0. The molecule has 1 unspecified atom stereocenters. The van der Waals surface area contributed by atoms with Gasteiger partial charge in [-0.2, -0.15) is 0 Å². The maximum Gasteiger partial charge on any atom is 0.306 e. The van der Waals surface area contributed by atoms with Gasteiger partial charge in [-0.1, -0.05) is 264 Å². The topological polar surface area (TPSA) is 78.9 Å². The van der Waals surface area contributed by atoms with Crippen LogP contribution in [0.1, 0.15) is 290 Å². The van der Waals surface area contributed by atoms with E-state index < -0.39 is 6.10 Å². The number of hydrogen-bond acceptors (Lipinski definition) is 6. The number of allylic oxidation sites excluding steroid dienone is 22. The summed E-state index contributed by atoms with van der Waals surface area (Å²) in [6, 6.07) is 0. The molecule has 448 valence electrons. The molecule has 0 aromatic rings. The second kappa shape index (κ2) is 66.1. The van der Waals surface area contributed by atoms with E-state index in [-0.39, 0.29) is 31.1 Å². The third-order valence-electron chi connectivity index (χ3n) is 13.6. The van der Waals surface area contributed by atoms with Crippen LogP contribution in [0.25, 0.3) is 0 Å². The summed E-state index contributed by atoms with van der Waals surface area (Å²) in [6.45, 7) is 6.46. The fraction of sp³-hybridized carbons (Fsp3) is 0.658. The smallest absolute Gasteiger partial charge is 0.306 e. The van der Waals surface area contributed by atoms with Crippen LogP contribution in [0.3, 0.4) is 0 Å². The SMILES string of the molecule is CC/C=C\C/C=C\C/C=C\C/C=C\C/C=C\C/C=C\CCCCCCCCC(=O)OCC(COC(=O)CCCCCCC/C=C\C/C=C\CCCCC)OC(=O)CCCCCCCC/C=C\C/C=C\C/C=C\CCCCCCC.